The average molecular weight is 896 g/mol. The smallest absolute Gasteiger partial charge is 0.347 e. The van der Waals surface area contributed by atoms with Crippen LogP contribution in [0.15, 0.2) is 53.8 Å². The van der Waals surface area contributed by atoms with Crippen molar-refractivity contribution in [1.29, 1.82) is 0 Å². The summed E-state index contributed by atoms with van der Waals surface area (Å²) in [6, 6.07) is 6.33. The Hall–Kier alpha value is -4.25. The maximum atomic E-state index is 15.7. The van der Waals surface area contributed by atoms with Crippen LogP contribution in [0.25, 0.3) is 10.9 Å². The number of methoxy groups -OCH3 is 3. The van der Waals surface area contributed by atoms with E-state index in [2.05, 4.69) is 74.0 Å². The normalized spacial score (nSPS) is 41.4. The van der Waals surface area contributed by atoms with Gasteiger partial charge < -0.3 is 48.3 Å². The number of rotatable bonds is 8. The molecule has 5 saturated heterocycles. The fourth-order valence-electron chi connectivity index (χ4n) is 15.4. The number of aromatic amines is 1. The third-order valence-electron chi connectivity index (χ3n) is 17.9. The van der Waals surface area contributed by atoms with Crippen LogP contribution in [0.1, 0.15) is 64.1 Å². The lowest BCUT2D eigenvalue weighted by atomic mass is 9.48. The maximum Gasteiger partial charge on any atom is 0.347 e. The Balaban J connectivity index is 1.17. The number of ether oxygens (including phenoxy) is 6. The number of nitrogens with one attached hydrogen (secondary N) is 1. The number of H-pyrrole nitrogens is 1. The van der Waals surface area contributed by atoms with E-state index in [4.69, 9.17) is 28.4 Å². The molecule has 7 aliphatic heterocycles. The molecule has 2 aromatic rings. The SMILES string of the molecule is CC[C@]1(O)C[C@H]2CN(CCc3c([nH]c4ccc(N5CCOCC5)cc34)[C@@](C(=O)OC)(C3C=C4C(=CC3OC)N(C)[C@@]35O[C@]3(C(=O)OC)[C@H](OC(C)=O)[C@]3(CC)C=CCN6CC[C@]45[C@@H]63)C2)C1. The van der Waals surface area contributed by atoms with Gasteiger partial charge in [-0.15, -0.1) is 0 Å². The number of piperidine rings is 1. The molecule has 2 spiro atoms. The van der Waals surface area contributed by atoms with Crippen LogP contribution in [0, 0.1) is 22.7 Å². The van der Waals surface area contributed by atoms with Crippen LogP contribution >= 0.6 is 0 Å². The van der Waals surface area contributed by atoms with E-state index >= 15 is 4.79 Å². The number of benzene rings is 1. The number of allylic oxidation sites excluding steroid dienone is 1. The van der Waals surface area contributed by atoms with E-state index < -0.39 is 63.2 Å². The van der Waals surface area contributed by atoms with Crippen LogP contribution in [-0.2, 0) is 54.6 Å². The molecule has 1 aromatic heterocycles. The zero-order valence-corrected chi connectivity index (χ0v) is 38.9. The molecule has 15 nitrogen and oxygen atoms in total. The molecule has 1 aromatic carbocycles. The number of carbonyl (C=O) groups excluding carboxylic acids is 3. The highest BCUT2D eigenvalue weighted by atomic mass is 16.7. The summed E-state index contributed by atoms with van der Waals surface area (Å²) in [5.41, 5.74) is -0.996. The zero-order chi connectivity index (χ0) is 45.5. The van der Waals surface area contributed by atoms with Crippen LogP contribution in [0.4, 0.5) is 5.69 Å². The first-order chi connectivity index (χ1) is 31.3. The molecule has 8 heterocycles. The molecule has 65 heavy (non-hydrogen) atoms. The van der Waals surface area contributed by atoms with Gasteiger partial charge in [-0.1, -0.05) is 32.1 Å². The van der Waals surface area contributed by atoms with Gasteiger partial charge >= 0.3 is 17.9 Å². The molecule has 3 unspecified atom stereocenters. The number of esters is 3. The Labute approximate surface area is 381 Å². The summed E-state index contributed by atoms with van der Waals surface area (Å²) in [6.45, 7) is 11.9. The number of fused-ring (bicyclic) bond motifs is 6. The van der Waals surface area contributed by atoms with Crippen LogP contribution in [0.2, 0.25) is 0 Å². The van der Waals surface area contributed by atoms with Crippen LogP contribution in [-0.4, -0.2) is 165 Å². The van der Waals surface area contributed by atoms with E-state index in [0.717, 1.165) is 71.8 Å². The van der Waals surface area contributed by atoms with Gasteiger partial charge in [0.15, 0.2) is 11.8 Å². The first-order valence-electron chi connectivity index (χ1n) is 23.9. The first-order valence-corrected chi connectivity index (χ1v) is 23.9. The first kappa shape index (κ1) is 43.3. The molecule has 0 radical (unpaired) electrons. The van der Waals surface area contributed by atoms with Gasteiger partial charge in [0.1, 0.15) is 5.41 Å². The van der Waals surface area contributed by atoms with Gasteiger partial charge in [0.25, 0.3) is 5.60 Å². The lowest BCUT2D eigenvalue weighted by Gasteiger charge is -2.58. The van der Waals surface area contributed by atoms with Crippen molar-refractivity contribution in [3.8, 4) is 0 Å². The van der Waals surface area contributed by atoms with Crippen molar-refractivity contribution in [2.75, 3.05) is 92.3 Å². The standard InChI is InChI=1S/C50H65N5O10/c1-8-45(59)26-31-27-47(43(57)61-6,40-33(13-17-53(28-31)29-45)34-23-32(11-12-37(34)51-40)54-19-21-63-22-20-54)36-24-35-38(25-39(36)60-5)52(4)50-48(35)15-18-55-16-10-14-46(9-2,41(48)55)42(64-30(3)56)49(50,65-50)44(58)62-7/h10-12,14,23-25,31,36,39,41-42,51,59H,8-9,13,15-22,26-29H2,1-7H3/t31-,36?,39?,41+,42-,45+,46-,47+,48-,49+,50+/m1/s1. The number of anilines is 1. The molecule has 2 bridgehead atoms. The fraction of sp³-hybridized carbons (Fsp3) is 0.660. The summed E-state index contributed by atoms with van der Waals surface area (Å²) < 4.78 is 37.7. The van der Waals surface area contributed by atoms with Gasteiger partial charge in [-0.05, 0) is 86.4 Å². The molecule has 2 aliphatic carbocycles. The van der Waals surface area contributed by atoms with Gasteiger partial charge in [-0.2, -0.15) is 0 Å². The van der Waals surface area contributed by atoms with Crippen molar-refractivity contribution in [3.05, 3.63) is 65.0 Å². The second kappa shape index (κ2) is 14.9. The Kier molecular flexibility index (Phi) is 9.91. The summed E-state index contributed by atoms with van der Waals surface area (Å²) in [6.07, 6.45) is 10.5. The van der Waals surface area contributed by atoms with Crippen LogP contribution in [0.5, 0.6) is 0 Å². The quantitative estimate of drug-likeness (QED) is 0.171. The number of hydrogen-bond donors (Lipinski definition) is 2. The minimum Gasteiger partial charge on any atom is -0.468 e. The van der Waals surface area contributed by atoms with Gasteiger partial charge in [-0.3, -0.25) is 19.4 Å². The summed E-state index contributed by atoms with van der Waals surface area (Å²) in [5, 5.41) is 13.2. The predicted molar refractivity (Wildman–Crippen MR) is 240 cm³/mol. The maximum absolute atomic E-state index is 15.7. The largest absolute Gasteiger partial charge is 0.468 e. The third-order valence-corrected chi connectivity index (χ3v) is 17.9. The number of nitrogens with zero attached hydrogens (tertiary/aromatic N) is 4. The molecule has 1 saturated carbocycles. The Morgan fingerprint density at radius 2 is 1.77 bits per heavy atom. The van der Waals surface area contributed by atoms with Crippen LogP contribution < -0.4 is 4.90 Å². The van der Waals surface area contributed by atoms with Crippen LogP contribution in [0.3, 0.4) is 0 Å². The van der Waals surface area contributed by atoms with Crippen molar-refractivity contribution >= 4 is 34.5 Å². The summed E-state index contributed by atoms with van der Waals surface area (Å²) in [5.74, 6) is -2.11. The Morgan fingerprint density at radius 3 is 2.48 bits per heavy atom. The van der Waals surface area contributed by atoms with Gasteiger partial charge in [0, 0.05) is 106 Å². The highest BCUT2D eigenvalue weighted by Crippen LogP contribution is 2.82. The zero-order valence-electron chi connectivity index (χ0n) is 38.9. The van der Waals surface area contributed by atoms with Crippen molar-refractivity contribution in [3.63, 3.8) is 0 Å². The average Bonchev–Trinajstić information content (AvgIpc) is 3.56. The number of aliphatic hydroxyl groups is 1. The molecule has 350 valence electrons. The van der Waals surface area contributed by atoms with Gasteiger partial charge in [-0.25, -0.2) is 4.79 Å². The molecule has 0 amide bonds. The molecule has 9 aliphatic rings. The minimum absolute atomic E-state index is 0.0674. The fourth-order valence-corrected chi connectivity index (χ4v) is 15.4. The number of carbonyl (C=O) groups is 3. The molecular weight excluding hydrogens is 831 g/mol. The number of morpholine rings is 1. The predicted octanol–water partition coefficient (Wildman–Crippen LogP) is 3.84. The number of epoxide rings is 1. The summed E-state index contributed by atoms with van der Waals surface area (Å²) in [4.78, 5) is 56.8. The molecule has 12 atom stereocenters. The molecular formula is C50H65N5O10. The van der Waals surface area contributed by atoms with Crippen molar-refractivity contribution in [2.45, 2.75) is 99.9 Å². The Morgan fingerprint density at radius 1 is 0.985 bits per heavy atom. The highest BCUT2D eigenvalue weighted by Gasteiger charge is 2.99. The number of likely N-dealkylation sites (tertiary alicyclic amines) is 1. The molecule has 15 heteroatoms. The topological polar surface area (TPSA) is 159 Å². The van der Waals surface area contributed by atoms with E-state index in [-0.39, 0.29) is 17.9 Å². The molecule has 6 fully saturated rings. The summed E-state index contributed by atoms with van der Waals surface area (Å²) >= 11 is 0. The number of likely N-dealkylation sites (N-methyl/N-ethyl adjacent to an activating group) is 1. The monoisotopic (exact) mass is 895 g/mol. The van der Waals surface area contributed by atoms with E-state index in [1.54, 1.807) is 7.11 Å². The van der Waals surface area contributed by atoms with Gasteiger partial charge in [0.2, 0.25) is 0 Å². The second-order valence-electron chi connectivity index (χ2n) is 20.5. The molecule has 11 rings (SSSR count). The molecule has 2 N–H and O–H groups in total. The van der Waals surface area contributed by atoms with Crippen molar-refractivity contribution in [2.24, 2.45) is 22.7 Å². The van der Waals surface area contributed by atoms with Crippen molar-refractivity contribution in [1.82, 2.24) is 19.7 Å². The lowest BCUT2D eigenvalue weighted by Crippen LogP contribution is -2.73. The highest BCUT2D eigenvalue weighted by molar-refractivity contribution is 5.93. The van der Waals surface area contributed by atoms with Gasteiger partial charge in [0.05, 0.1) is 44.6 Å². The third kappa shape index (κ3) is 5.42. The minimum atomic E-state index is -1.65. The van der Waals surface area contributed by atoms with E-state index in [0.29, 0.717) is 64.8 Å². The number of hydrogen-bond acceptors (Lipinski definition) is 14. The van der Waals surface area contributed by atoms with E-state index in [9.17, 15) is 14.7 Å². The number of aromatic nitrogens is 1. The van der Waals surface area contributed by atoms with E-state index in [1.807, 2.05) is 14.0 Å². The second-order valence-corrected chi connectivity index (χ2v) is 20.5. The Bertz CT molecular complexity index is 2430. The van der Waals surface area contributed by atoms with E-state index in [1.165, 1.54) is 21.1 Å². The van der Waals surface area contributed by atoms with Crippen molar-refractivity contribution < 1.29 is 47.9 Å². The summed E-state index contributed by atoms with van der Waals surface area (Å²) in [7, 11) is 6.52. The lowest BCUT2D eigenvalue weighted by molar-refractivity contribution is -0.182.